The largest absolute Gasteiger partial charge is 0.444 e. The Morgan fingerprint density at radius 3 is 2.24 bits per heavy atom. The highest BCUT2D eigenvalue weighted by Crippen LogP contribution is 2.21. The van der Waals surface area contributed by atoms with E-state index >= 15 is 0 Å². The van der Waals surface area contributed by atoms with Gasteiger partial charge in [-0.3, -0.25) is 4.79 Å². The van der Waals surface area contributed by atoms with E-state index < -0.39 is 5.60 Å². The van der Waals surface area contributed by atoms with Gasteiger partial charge in [0.2, 0.25) is 0 Å². The molecule has 0 aromatic heterocycles. The van der Waals surface area contributed by atoms with E-state index in [2.05, 4.69) is 31.0 Å². The Balaban J connectivity index is 1.83. The average molecular weight is 404 g/mol. The summed E-state index contributed by atoms with van der Waals surface area (Å²) >= 11 is 0. The fraction of sp³-hybridized carbons (Fsp3) is 0.652. The number of nitrogens with zero attached hydrogens (tertiary/aromatic N) is 2. The third-order valence-electron chi connectivity index (χ3n) is 5.25. The van der Waals surface area contributed by atoms with E-state index in [-0.39, 0.29) is 12.0 Å². The molecule has 1 aliphatic rings. The minimum atomic E-state index is -0.487. The first-order chi connectivity index (χ1) is 13.6. The predicted octanol–water partition coefficient (Wildman–Crippen LogP) is 4.30. The van der Waals surface area contributed by atoms with Gasteiger partial charge in [0.25, 0.3) is 5.91 Å². The number of amides is 2. The monoisotopic (exact) mass is 403 g/mol. The van der Waals surface area contributed by atoms with Crippen molar-refractivity contribution in [2.75, 3.05) is 31.1 Å². The maximum Gasteiger partial charge on any atom is 0.407 e. The summed E-state index contributed by atoms with van der Waals surface area (Å²) in [5.74, 6) is 0.459. The zero-order valence-corrected chi connectivity index (χ0v) is 18.8. The highest BCUT2D eigenvalue weighted by molar-refractivity contribution is 5.94. The molecule has 1 heterocycles. The number of carbonyl (C=O) groups is 2. The van der Waals surface area contributed by atoms with Crippen LogP contribution in [0.1, 0.15) is 64.7 Å². The van der Waals surface area contributed by atoms with Crippen molar-refractivity contribution in [2.24, 2.45) is 5.92 Å². The van der Waals surface area contributed by atoms with Crippen LogP contribution in [0.2, 0.25) is 0 Å². The standard InChI is InChI=1S/C23H37N3O3/c1-7-26(17(2)3)20-10-8-19(9-11-20)21(27)25-14-12-18(13-15-25)16-24-22(28)29-23(4,5)6/h8-11,17-18H,7,12-16H2,1-6H3,(H,24,28). The molecule has 6 nitrogen and oxygen atoms in total. The van der Waals surface area contributed by atoms with Gasteiger partial charge in [-0.1, -0.05) is 0 Å². The molecule has 6 heteroatoms. The number of benzene rings is 1. The van der Waals surface area contributed by atoms with Gasteiger partial charge in [-0.15, -0.1) is 0 Å². The van der Waals surface area contributed by atoms with Crippen molar-refractivity contribution in [3.63, 3.8) is 0 Å². The lowest BCUT2D eigenvalue weighted by Crippen LogP contribution is -2.42. The molecule has 0 aliphatic carbocycles. The van der Waals surface area contributed by atoms with Crippen LogP contribution in [0.3, 0.4) is 0 Å². The molecule has 0 atom stereocenters. The number of likely N-dealkylation sites (tertiary alicyclic amines) is 1. The Morgan fingerprint density at radius 2 is 1.76 bits per heavy atom. The molecule has 2 rings (SSSR count). The molecule has 1 N–H and O–H groups in total. The van der Waals surface area contributed by atoms with Crippen LogP contribution in [0.5, 0.6) is 0 Å². The van der Waals surface area contributed by atoms with Crippen LogP contribution in [0.15, 0.2) is 24.3 Å². The van der Waals surface area contributed by atoms with Crippen LogP contribution in [-0.4, -0.2) is 54.7 Å². The van der Waals surface area contributed by atoms with E-state index in [1.165, 1.54) is 0 Å². The Kier molecular flexibility index (Phi) is 7.94. The first-order valence-corrected chi connectivity index (χ1v) is 10.7. The highest BCUT2D eigenvalue weighted by atomic mass is 16.6. The Labute approximate surface area is 175 Å². The molecule has 0 saturated carbocycles. The van der Waals surface area contributed by atoms with Crippen LogP contribution in [0, 0.1) is 5.92 Å². The first kappa shape index (κ1) is 23.0. The van der Waals surface area contributed by atoms with Crippen LogP contribution < -0.4 is 10.2 Å². The van der Waals surface area contributed by atoms with Crippen molar-refractivity contribution in [3.05, 3.63) is 29.8 Å². The maximum atomic E-state index is 12.8. The molecule has 0 spiro atoms. The zero-order valence-electron chi connectivity index (χ0n) is 18.8. The van der Waals surface area contributed by atoms with Gasteiger partial charge in [0.05, 0.1) is 0 Å². The fourth-order valence-corrected chi connectivity index (χ4v) is 3.71. The number of rotatable bonds is 6. The molecule has 1 aromatic carbocycles. The van der Waals surface area contributed by atoms with Crippen LogP contribution in [-0.2, 0) is 4.74 Å². The lowest BCUT2D eigenvalue weighted by molar-refractivity contribution is 0.0500. The van der Waals surface area contributed by atoms with Crippen LogP contribution in [0.4, 0.5) is 10.5 Å². The highest BCUT2D eigenvalue weighted by Gasteiger charge is 2.25. The molecule has 162 valence electrons. The molecule has 1 aromatic rings. The number of anilines is 1. The van der Waals surface area contributed by atoms with Gasteiger partial charge in [0.1, 0.15) is 5.60 Å². The van der Waals surface area contributed by atoms with E-state index in [0.29, 0.717) is 31.6 Å². The number of ether oxygens (including phenoxy) is 1. The van der Waals surface area contributed by atoms with Gasteiger partial charge < -0.3 is 19.9 Å². The lowest BCUT2D eigenvalue weighted by Gasteiger charge is -2.32. The van der Waals surface area contributed by atoms with Gasteiger partial charge in [0.15, 0.2) is 0 Å². The fourth-order valence-electron chi connectivity index (χ4n) is 3.71. The summed E-state index contributed by atoms with van der Waals surface area (Å²) < 4.78 is 5.28. The smallest absolute Gasteiger partial charge is 0.407 e. The van der Waals surface area contributed by atoms with Gasteiger partial charge in [-0.2, -0.15) is 0 Å². The van der Waals surface area contributed by atoms with E-state index in [4.69, 9.17) is 4.74 Å². The average Bonchev–Trinajstić information content (AvgIpc) is 2.66. The lowest BCUT2D eigenvalue weighted by atomic mass is 9.96. The van der Waals surface area contributed by atoms with Crippen molar-refractivity contribution in [2.45, 2.75) is 66.0 Å². The zero-order chi connectivity index (χ0) is 21.6. The van der Waals surface area contributed by atoms with Gasteiger partial charge in [-0.05, 0) is 84.6 Å². The number of piperidine rings is 1. The normalized spacial score (nSPS) is 15.3. The molecule has 1 fully saturated rings. The summed E-state index contributed by atoms with van der Waals surface area (Å²) in [6.07, 6.45) is 1.39. The maximum absolute atomic E-state index is 12.8. The molecule has 0 unspecified atom stereocenters. The van der Waals surface area contributed by atoms with E-state index in [1.807, 2.05) is 49.9 Å². The van der Waals surface area contributed by atoms with Crippen molar-refractivity contribution < 1.29 is 14.3 Å². The molecular weight excluding hydrogens is 366 g/mol. The number of hydrogen-bond donors (Lipinski definition) is 1. The van der Waals surface area contributed by atoms with Gasteiger partial charge in [0, 0.05) is 43.5 Å². The van der Waals surface area contributed by atoms with Crippen LogP contribution in [0.25, 0.3) is 0 Å². The minimum absolute atomic E-state index is 0.0858. The Hall–Kier alpha value is -2.24. The van der Waals surface area contributed by atoms with E-state index in [9.17, 15) is 9.59 Å². The first-order valence-electron chi connectivity index (χ1n) is 10.7. The second-order valence-corrected chi connectivity index (χ2v) is 9.05. The number of hydrogen-bond acceptors (Lipinski definition) is 4. The van der Waals surface area contributed by atoms with Crippen molar-refractivity contribution in [1.82, 2.24) is 10.2 Å². The quantitative estimate of drug-likeness (QED) is 0.769. The molecule has 1 saturated heterocycles. The summed E-state index contributed by atoms with van der Waals surface area (Å²) in [7, 11) is 0. The molecule has 0 radical (unpaired) electrons. The number of nitrogens with one attached hydrogen (secondary N) is 1. The summed E-state index contributed by atoms with van der Waals surface area (Å²) in [4.78, 5) is 28.9. The number of carbonyl (C=O) groups excluding carboxylic acids is 2. The van der Waals surface area contributed by atoms with E-state index in [0.717, 1.165) is 30.6 Å². The molecule has 1 aliphatic heterocycles. The summed E-state index contributed by atoms with van der Waals surface area (Å²) in [6.45, 7) is 15.0. The summed E-state index contributed by atoms with van der Waals surface area (Å²) in [6, 6.07) is 8.36. The summed E-state index contributed by atoms with van der Waals surface area (Å²) in [5, 5.41) is 2.85. The molecule has 2 amide bonds. The van der Waals surface area contributed by atoms with Crippen molar-refractivity contribution in [1.29, 1.82) is 0 Å². The molecular formula is C23H37N3O3. The predicted molar refractivity (Wildman–Crippen MR) is 117 cm³/mol. The third-order valence-corrected chi connectivity index (χ3v) is 5.25. The minimum Gasteiger partial charge on any atom is -0.444 e. The van der Waals surface area contributed by atoms with Gasteiger partial charge >= 0.3 is 6.09 Å². The second-order valence-electron chi connectivity index (χ2n) is 9.05. The van der Waals surface area contributed by atoms with Crippen molar-refractivity contribution >= 4 is 17.7 Å². The topological polar surface area (TPSA) is 61.9 Å². The third kappa shape index (κ3) is 6.94. The molecule has 29 heavy (non-hydrogen) atoms. The summed E-state index contributed by atoms with van der Waals surface area (Å²) in [5.41, 5.74) is 1.39. The molecule has 0 bridgehead atoms. The van der Waals surface area contributed by atoms with Crippen LogP contribution >= 0.6 is 0 Å². The number of alkyl carbamates (subject to hydrolysis) is 1. The SMILES string of the molecule is CCN(c1ccc(C(=O)N2CCC(CNC(=O)OC(C)(C)C)CC2)cc1)C(C)C. The van der Waals surface area contributed by atoms with E-state index in [1.54, 1.807) is 0 Å². The Morgan fingerprint density at radius 1 is 1.17 bits per heavy atom. The van der Waals surface area contributed by atoms with Crippen molar-refractivity contribution in [3.8, 4) is 0 Å². The Bertz CT molecular complexity index is 672. The second kappa shape index (κ2) is 9.99. The van der Waals surface area contributed by atoms with Gasteiger partial charge in [-0.25, -0.2) is 4.79 Å².